The fourth-order valence-electron chi connectivity index (χ4n) is 2.24. The van der Waals surface area contributed by atoms with E-state index in [1.165, 1.54) is 30.4 Å². The lowest BCUT2D eigenvalue weighted by Crippen LogP contribution is -2.16. The molecule has 0 aliphatic heterocycles. The van der Waals surface area contributed by atoms with Gasteiger partial charge >= 0.3 is 0 Å². The topological polar surface area (TPSA) is 21.3 Å². The van der Waals surface area contributed by atoms with E-state index in [9.17, 15) is 0 Å². The van der Waals surface area contributed by atoms with Gasteiger partial charge in [-0.05, 0) is 36.9 Å². The van der Waals surface area contributed by atoms with Gasteiger partial charge in [-0.15, -0.1) is 0 Å². The SMILES string of the molecule is CNC(CC1CC1)c1ccc(CCOC)cc1. The van der Waals surface area contributed by atoms with Crippen molar-refractivity contribution >= 4 is 0 Å². The van der Waals surface area contributed by atoms with Crippen molar-refractivity contribution in [2.75, 3.05) is 20.8 Å². The summed E-state index contributed by atoms with van der Waals surface area (Å²) in [5, 5.41) is 3.43. The average Bonchev–Trinajstić information content (AvgIpc) is 3.18. The average molecular weight is 233 g/mol. The van der Waals surface area contributed by atoms with Crippen LogP contribution < -0.4 is 5.32 Å². The fourth-order valence-corrected chi connectivity index (χ4v) is 2.24. The Morgan fingerprint density at radius 1 is 1.29 bits per heavy atom. The van der Waals surface area contributed by atoms with Crippen molar-refractivity contribution in [2.24, 2.45) is 5.92 Å². The molecule has 2 heteroatoms. The van der Waals surface area contributed by atoms with Crippen LogP contribution in [0.5, 0.6) is 0 Å². The lowest BCUT2D eigenvalue weighted by atomic mass is 9.99. The number of rotatable bonds is 7. The number of benzene rings is 1. The van der Waals surface area contributed by atoms with E-state index in [0.29, 0.717) is 6.04 Å². The summed E-state index contributed by atoms with van der Waals surface area (Å²) in [4.78, 5) is 0. The molecule has 1 aliphatic carbocycles. The summed E-state index contributed by atoms with van der Waals surface area (Å²) in [6.07, 6.45) is 5.13. The van der Waals surface area contributed by atoms with Gasteiger partial charge in [-0.2, -0.15) is 0 Å². The minimum atomic E-state index is 0.527. The summed E-state index contributed by atoms with van der Waals surface area (Å²) < 4.78 is 5.09. The fraction of sp³-hybridized carbons (Fsp3) is 0.600. The lowest BCUT2D eigenvalue weighted by Gasteiger charge is -2.16. The second-order valence-corrected chi connectivity index (χ2v) is 5.00. The van der Waals surface area contributed by atoms with Crippen LogP contribution in [-0.2, 0) is 11.2 Å². The molecule has 17 heavy (non-hydrogen) atoms. The first-order valence-corrected chi connectivity index (χ1v) is 6.58. The van der Waals surface area contributed by atoms with Crippen molar-refractivity contribution in [2.45, 2.75) is 31.7 Å². The highest BCUT2D eigenvalue weighted by molar-refractivity contribution is 5.25. The highest BCUT2D eigenvalue weighted by Gasteiger charge is 2.25. The van der Waals surface area contributed by atoms with E-state index < -0.39 is 0 Å². The van der Waals surface area contributed by atoms with Crippen LogP contribution in [0.1, 0.15) is 36.4 Å². The molecule has 1 unspecified atom stereocenters. The van der Waals surface area contributed by atoms with E-state index in [1.807, 2.05) is 0 Å². The Morgan fingerprint density at radius 2 is 2.00 bits per heavy atom. The van der Waals surface area contributed by atoms with Crippen LogP contribution >= 0.6 is 0 Å². The molecular formula is C15H23NO. The molecule has 0 saturated heterocycles. The third-order valence-electron chi connectivity index (χ3n) is 3.59. The largest absolute Gasteiger partial charge is 0.384 e. The molecule has 2 rings (SSSR count). The van der Waals surface area contributed by atoms with E-state index in [4.69, 9.17) is 4.74 Å². The number of ether oxygens (including phenoxy) is 1. The van der Waals surface area contributed by atoms with Gasteiger partial charge in [0.2, 0.25) is 0 Å². The van der Waals surface area contributed by atoms with Gasteiger partial charge in [-0.1, -0.05) is 37.1 Å². The molecule has 0 amide bonds. The Bertz CT molecular complexity index is 329. The first-order chi connectivity index (χ1) is 8.33. The highest BCUT2D eigenvalue weighted by atomic mass is 16.5. The van der Waals surface area contributed by atoms with Crippen LogP contribution in [-0.4, -0.2) is 20.8 Å². The molecule has 1 saturated carbocycles. The molecule has 1 fully saturated rings. The van der Waals surface area contributed by atoms with Crippen molar-refractivity contribution in [3.05, 3.63) is 35.4 Å². The van der Waals surface area contributed by atoms with Crippen LogP contribution in [0.15, 0.2) is 24.3 Å². The minimum Gasteiger partial charge on any atom is -0.384 e. The molecule has 2 nitrogen and oxygen atoms in total. The van der Waals surface area contributed by atoms with Gasteiger partial charge in [0.25, 0.3) is 0 Å². The van der Waals surface area contributed by atoms with Crippen molar-refractivity contribution < 1.29 is 4.74 Å². The van der Waals surface area contributed by atoms with Crippen molar-refractivity contribution in [1.29, 1.82) is 0 Å². The molecule has 0 bridgehead atoms. The first-order valence-electron chi connectivity index (χ1n) is 6.58. The van der Waals surface area contributed by atoms with Gasteiger partial charge in [-0.25, -0.2) is 0 Å². The molecule has 1 aromatic rings. The van der Waals surface area contributed by atoms with Crippen LogP contribution in [0.2, 0.25) is 0 Å². The number of nitrogens with one attached hydrogen (secondary N) is 1. The lowest BCUT2D eigenvalue weighted by molar-refractivity contribution is 0.202. The number of hydrogen-bond donors (Lipinski definition) is 1. The summed E-state index contributed by atoms with van der Waals surface area (Å²) in [6, 6.07) is 9.50. The van der Waals surface area contributed by atoms with Gasteiger partial charge < -0.3 is 10.1 Å². The zero-order valence-corrected chi connectivity index (χ0v) is 10.9. The van der Waals surface area contributed by atoms with E-state index in [2.05, 4.69) is 36.6 Å². The number of hydrogen-bond acceptors (Lipinski definition) is 2. The molecule has 0 heterocycles. The highest BCUT2D eigenvalue weighted by Crippen LogP contribution is 2.37. The second-order valence-electron chi connectivity index (χ2n) is 5.00. The molecule has 0 aromatic heterocycles. The maximum absolute atomic E-state index is 5.09. The van der Waals surface area contributed by atoms with Crippen molar-refractivity contribution in [3.8, 4) is 0 Å². The predicted molar refractivity (Wildman–Crippen MR) is 71.2 cm³/mol. The standard InChI is InChI=1S/C15H23NO/c1-16-15(11-13-3-4-13)14-7-5-12(6-8-14)9-10-17-2/h5-8,13,15-16H,3-4,9-11H2,1-2H3. The Hall–Kier alpha value is -0.860. The van der Waals surface area contributed by atoms with Gasteiger partial charge in [0.1, 0.15) is 0 Å². The Balaban J connectivity index is 1.94. The van der Waals surface area contributed by atoms with Gasteiger partial charge in [0.15, 0.2) is 0 Å². The third-order valence-corrected chi connectivity index (χ3v) is 3.59. The summed E-state index contributed by atoms with van der Waals surface area (Å²) in [7, 11) is 3.81. The van der Waals surface area contributed by atoms with E-state index in [-0.39, 0.29) is 0 Å². The summed E-state index contributed by atoms with van der Waals surface area (Å²) >= 11 is 0. The first kappa shape index (κ1) is 12.6. The normalized spacial score (nSPS) is 17.1. The minimum absolute atomic E-state index is 0.527. The molecule has 1 N–H and O–H groups in total. The van der Waals surface area contributed by atoms with Crippen LogP contribution in [0.3, 0.4) is 0 Å². The zero-order valence-electron chi connectivity index (χ0n) is 10.9. The summed E-state index contributed by atoms with van der Waals surface area (Å²) in [5.41, 5.74) is 2.78. The third kappa shape index (κ3) is 3.83. The molecule has 0 radical (unpaired) electrons. The van der Waals surface area contributed by atoms with Gasteiger partial charge in [0.05, 0.1) is 6.61 Å². The van der Waals surface area contributed by atoms with E-state index >= 15 is 0 Å². The maximum Gasteiger partial charge on any atom is 0.0502 e. The van der Waals surface area contributed by atoms with Crippen LogP contribution in [0, 0.1) is 5.92 Å². The molecule has 1 aromatic carbocycles. The van der Waals surface area contributed by atoms with Crippen molar-refractivity contribution in [3.63, 3.8) is 0 Å². The summed E-state index contributed by atoms with van der Waals surface area (Å²) in [6.45, 7) is 0.802. The Morgan fingerprint density at radius 3 is 2.53 bits per heavy atom. The quantitative estimate of drug-likeness (QED) is 0.782. The van der Waals surface area contributed by atoms with Crippen molar-refractivity contribution in [1.82, 2.24) is 5.32 Å². The second kappa shape index (κ2) is 6.18. The Labute approximate surface area is 104 Å². The molecular weight excluding hydrogens is 210 g/mol. The zero-order chi connectivity index (χ0) is 12.1. The molecule has 1 atom stereocenters. The summed E-state index contributed by atoms with van der Waals surface area (Å²) in [5.74, 6) is 0.959. The van der Waals surface area contributed by atoms with Gasteiger partial charge in [0, 0.05) is 13.2 Å². The molecule has 0 spiro atoms. The van der Waals surface area contributed by atoms with E-state index in [0.717, 1.165) is 18.9 Å². The number of methoxy groups -OCH3 is 1. The maximum atomic E-state index is 5.09. The predicted octanol–water partition coefficient (Wildman–Crippen LogP) is 2.94. The van der Waals surface area contributed by atoms with Gasteiger partial charge in [-0.3, -0.25) is 0 Å². The molecule has 1 aliphatic rings. The van der Waals surface area contributed by atoms with Crippen LogP contribution in [0.4, 0.5) is 0 Å². The molecule has 94 valence electrons. The smallest absolute Gasteiger partial charge is 0.0502 e. The van der Waals surface area contributed by atoms with Crippen LogP contribution in [0.25, 0.3) is 0 Å². The van der Waals surface area contributed by atoms with E-state index in [1.54, 1.807) is 7.11 Å². The Kier molecular flexibility index (Phi) is 4.57. The monoisotopic (exact) mass is 233 g/mol.